The molecule has 0 spiro atoms. The molecule has 158 valence electrons. The summed E-state index contributed by atoms with van der Waals surface area (Å²) in [6, 6.07) is 10.9. The fourth-order valence-electron chi connectivity index (χ4n) is 2.93. The number of nitrogen functional groups attached to an aromatic ring is 1. The van der Waals surface area contributed by atoms with Gasteiger partial charge in [0.15, 0.2) is 6.10 Å². The maximum absolute atomic E-state index is 12.4. The Balaban J connectivity index is 1.58. The summed E-state index contributed by atoms with van der Waals surface area (Å²) in [5.41, 5.74) is 6.57. The maximum Gasteiger partial charge on any atom is 0.339 e. The van der Waals surface area contributed by atoms with Gasteiger partial charge in [-0.25, -0.2) is 4.79 Å². The van der Waals surface area contributed by atoms with E-state index in [1.165, 1.54) is 19.1 Å². The third kappa shape index (κ3) is 5.03. The second-order valence-electron chi connectivity index (χ2n) is 6.71. The van der Waals surface area contributed by atoms with Crippen molar-refractivity contribution in [1.29, 1.82) is 0 Å². The number of morpholine rings is 1. The molecule has 1 saturated heterocycles. The molecule has 10 heteroatoms. The van der Waals surface area contributed by atoms with Gasteiger partial charge >= 0.3 is 5.97 Å². The van der Waals surface area contributed by atoms with E-state index in [0.717, 1.165) is 24.8 Å². The normalized spacial score (nSPS) is 14.6. The van der Waals surface area contributed by atoms with Gasteiger partial charge in [-0.15, -0.1) is 0 Å². The average molecular weight is 414 g/mol. The number of nitrogens with zero attached hydrogens (tertiary/aromatic N) is 2. The number of nitrogens with one attached hydrogen (secondary N) is 1. The summed E-state index contributed by atoms with van der Waals surface area (Å²) in [7, 11) is 0. The zero-order valence-corrected chi connectivity index (χ0v) is 16.4. The van der Waals surface area contributed by atoms with Gasteiger partial charge in [-0.3, -0.25) is 14.9 Å². The molecule has 10 nitrogen and oxygen atoms in total. The topological polar surface area (TPSA) is 137 Å². The minimum Gasteiger partial charge on any atom is -0.449 e. The summed E-state index contributed by atoms with van der Waals surface area (Å²) in [5, 5.41) is 13.6. The van der Waals surface area contributed by atoms with Crippen LogP contribution >= 0.6 is 0 Å². The van der Waals surface area contributed by atoms with E-state index in [1.807, 2.05) is 12.1 Å². The highest BCUT2D eigenvalue weighted by molar-refractivity contribution is 5.97. The Morgan fingerprint density at radius 1 is 1.20 bits per heavy atom. The maximum atomic E-state index is 12.4. The van der Waals surface area contributed by atoms with E-state index in [0.29, 0.717) is 18.9 Å². The number of rotatable bonds is 6. The summed E-state index contributed by atoms with van der Waals surface area (Å²) >= 11 is 0. The largest absolute Gasteiger partial charge is 0.449 e. The van der Waals surface area contributed by atoms with Crippen molar-refractivity contribution in [2.24, 2.45) is 0 Å². The second kappa shape index (κ2) is 9.23. The molecule has 3 rings (SSSR count). The van der Waals surface area contributed by atoms with Crippen LogP contribution in [0.15, 0.2) is 42.5 Å². The van der Waals surface area contributed by atoms with Crippen molar-refractivity contribution in [3.05, 3.63) is 58.1 Å². The van der Waals surface area contributed by atoms with Crippen LogP contribution in [0.5, 0.6) is 0 Å². The fraction of sp³-hybridized carbons (Fsp3) is 0.300. The first-order chi connectivity index (χ1) is 14.3. The number of nitro groups is 1. The summed E-state index contributed by atoms with van der Waals surface area (Å²) in [6.07, 6.45) is -1.10. The first-order valence-corrected chi connectivity index (χ1v) is 9.33. The quantitative estimate of drug-likeness (QED) is 0.318. The lowest BCUT2D eigenvalue weighted by molar-refractivity contribution is -0.383. The molecule has 3 N–H and O–H groups in total. The van der Waals surface area contributed by atoms with Gasteiger partial charge in [0.1, 0.15) is 5.69 Å². The number of nitrogens with two attached hydrogens (primary N) is 1. The van der Waals surface area contributed by atoms with E-state index in [4.69, 9.17) is 15.2 Å². The Kier molecular flexibility index (Phi) is 6.48. The van der Waals surface area contributed by atoms with Crippen molar-refractivity contribution in [2.75, 3.05) is 42.3 Å². The lowest BCUT2D eigenvalue weighted by Gasteiger charge is -2.28. The number of hydrogen-bond donors (Lipinski definition) is 2. The van der Waals surface area contributed by atoms with Crippen LogP contribution in [0.2, 0.25) is 0 Å². The monoisotopic (exact) mass is 414 g/mol. The van der Waals surface area contributed by atoms with Gasteiger partial charge in [-0.1, -0.05) is 0 Å². The number of anilines is 3. The van der Waals surface area contributed by atoms with Crippen molar-refractivity contribution in [3.8, 4) is 0 Å². The van der Waals surface area contributed by atoms with Crippen molar-refractivity contribution < 1.29 is 24.0 Å². The highest BCUT2D eigenvalue weighted by atomic mass is 16.6. The molecule has 0 saturated carbocycles. The molecule has 2 aromatic carbocycles. The van der Waals surface area contributed by atoms with E-state index >= 15 is 0 Å². The zero-order valence-electron chi connectivity index (χ0n) is 16.4. The highest BCUT2D eigenvalue weighted by Gasteiger charge is 2.22. The molecule has 1 amide bonds. The highest BCUT2D eigenvalue weighted by Crippen LogP contribution is 2.23. The molecular weight excluding hydrogens is 392 g/mol. The molecule has 2 aromatic rings. The van der Waals surface area contributed by atoms with Crippen LogP contribution in [-0.2, 0) is 14.3 Å². The molecule has 0 bridgehead atoms. The molecule has 0 aliphatic carbocycles. The molecular formula is C20H22N4O6. The number of ether oxygens (including phenoxy) is 2. The third-order valence-corrected chi connectivity index (χ3v) is 4.63. The number of carbonyl (C=O) groups excluding carboxylic acids is 2. The van der Waals surface area contributed by atoms with Crippen LogP contribution in [-0.4, -0.2) is 49.2 Å². The van der Waals surface area contributed by atoms with Gasteiger partial charge in [0.05, 0.1) is 23.7 Å². The number of nitro benzene ring substituents is 1. The third-order valence-electron chi connectivity index (χ3n) is 4.63. The summed E-state index contributed by atoms with van der Waals surface area (Å²) in [5.74, 6) is -1.38. The SMILES string of the molecule is C[C@@H](OC(=O)c1ccc(N)c([N+](=O)[O-])c1)C(=O)Nc1ccc(N2CCOCC2)cc1. The lowest BCUT2D eigenvalue weighted by Crippen LogP contribution is -2.36. The predicted octanol–water partition coefficient (Wildman–Crippen LogP) is 2.20. The number of esters is 1. The van der Waals surface area contributed by atoms with Crippen LogP contribution < -0.4 is 16.0 Å². The van der Waals surface area contributed by atoms with E-state index in [-0.39, 0.29) is 11.3 Å². The molecule has 30 heavy (non-hydrogen) atoms. The first-order valence-electron chi connectivity index (χ1n) is 9.33. The van der Waals surface area contributed by atoms with Crippen LogP contribution in [0.25, 0.3) is 0 Å². The predicted molar refractivity (Wildman–Crippen MR) is 110 cm³/mol. The van der Waals surface area contributed by atoms with E-state index in [1.54, 1.807) is 12.1 Å². The number of hydrogen-bond acceptors (Lipinski definition) is 8. The van der Waals surface area contributed by atoms with Gasteiger partial charge in [0.2, 0.25) is 0 Å². The molecule has 1 aliphatic heterocycles. The molecule has 1 atom stereocenters. The molecule has 0 radical (unpaired) electrons. The lowest BCUT2D eigenvalue weighted by atomic mass is 10.2. The Hall–Kier alpha value is -3.66. The van der Waals surface area contributed by atoms with E-state index in [2.05, 4.69) is 10.2 Å². The van der Waals surface area contributed by atoms with Crippen LogP contribution in [0.4, 0.5) is 22.7 Å². The van der Waals surface area contributed by atoms with Gasteiger partial charge < -0.3 is 25.4 Å². The van der Waals surface area contributed by atoms with Crippen molar-refractivity contribution in [2.45, 2.75) is 13.0 Å². The Morgan fingerprint density at radius 3 is 2.50 bits per heavy atom. The Morgan fingerprint density at radius 2 is 1.87 bits per heavy atom. The number of benzene rings is 2. The molecule has 0 aromatic heterocycles. The van der Waals surface area contributed by atoms with Gasteiger partial charge in [0.25, 0.3) is 11.6 Å². The second-order valence-corrected chi connectivity index (χ2v) is 6.71. The smallest absolute Gasteiger partial charge is 0.339 e. The van der Waals surface area contributed by atoms with Gasteiger partial charge in [0, 0.05) is 30.5 Å². The molecule has 1 heterocycles. The molecule has 1 aliphatic rings. The number of amides is 1. The Bertz CT molecular complexity index is 941. The summed E-state index contributed by atoms with van der Waals surface area (Å²) < 4.78 is 10.5. The van der Waals surface area contributed by atoms with Crippen molar-refractivity contribution in [3.63, 3.8) is 0 Å². The van der Waals surface area contributed by atoms with Crippen LogP contribution in [0, 0.1) is 10.1 Å². The van der Waals surface area contributed by atoms with Gasteiger partial charge in [-0.05, 0) is 43.3 Å². The van der Waals surface area contributed by atoms with Gasteiger partial charge in [-0.2, -0.15) is 0 Å². The van der Waals surface area contributed by atoms with Crippen LogP contribution in [0.1, 0.15) is 17.3 Å². The Labute approximate surface area is 172 Å². The first kappa shape index (κ1) is 21.1. The summed E-state index contributed by atoms with van der Waals surface area (Å²) in [4.78, 5) is 37.0. The zero-order chi connectivity index (χ0) is 21.7. The molecule has 1 fully saturated rings. The molecule has 0 unspecified atom stereocenters. The van der Waals surface area contributed by atoms with E-state index < -0.39 is 28.6 Å². The fourth-order valence-corrected chi connectivity index (χ4v) is 2.93. The minimum atomic E-state index is -1.10. The number of carbonyl (C=O) groups is 2. The minimum absolute atomic E-state index is 0.0644. The van der Waals surface area contributed by atoms with Crippen LogP contribution in [0.3, 0.4) is 0 Å². The van der Waals surface area contributed by atoms with Crippen molar-refractivity contribution >= 4 is 34.6 Å². The average Bonchev–Trinajstić information content (AvgIpc) is 2.74. The standard InChI is InChI=1S/C20H22N4O6/c1-13(30-20(26)14-2-7-17(21)18(12-14)24(27)28)19(25)22-15-3-5-16(6-4-15)23-8-10-29-11-9-23/h2-7,12-13H,8-11,21H2,1H3,(H,22,25)/t13-/m1/s1. The van der Waals surface area contributed by atoms with Crippen molar-refractivity contribution in [1.82, 2.24) is 0 Å². The van der Waals surface area contributed by atoms with E-state index in [9.17, 15) is 19.7 Å². The summed E-state index contributed by atoms with van der Waals surface area (Å²) in [6.45, 7) is 4.39.